The number of aliphatic hydroxyl groups is 1. The van der Waals surface area contributed by atoms with Gasteiger partial charge in [0.15, 0.2) is 5.78 Å². The van der Waals surface area contributed by atoms with Crippen LogP contribution in [0.1, 0.15) is 21.7 Å². The summed E-state index contributed by atoms with van der Waals surface area (Å²) in [7, 11) is 0. The minimum Gasteiger partial charge on any atom is -0.388 e. The number of hydrogen-bond acceptors (Lipinski definition) is 3. The summed E-state index contributed by atoms with van der Waals surface area (Å²) in [5, 5.41) is 8.88. The molecule has 0 aliphatic heterocycles. The van der Waals surface area contributed by atoms with E-state index >= 15 is 0 Å². The van der Waals surface area contributed by atoms with Crippen LogP contribution in [0.5, 0.6) is 0 Å². The maximum absolute atomic E-state index is 11.5. The minimum atomic E-state index is -0.476. The van der Waals surface area contributed by atoms with Gasteiger partial charge in [0, 0.05) is 12.0 Å². The molecule has 0 amide bonds. The van der Waals surface area contributed by atoms with Gasteiger partial charge in [-0.2, -0.15) is 0 Å². The Morgan fingerprint density at radius 3 is 2.70 bits per heavy atom. The highest BCUT2D eigenvalue weighted by atomic mass is 16.3. The number of H-pyrrole nitrogens is 1. The molecule has 0 bridgehead atoms. The van der Waals surface area contributed by atoms with Crippen LogP contribution in [0.2, 0.25) is 0 Å². The number of hydrogen-bond donors (Lipinski definition) is 2. The number of carbonyl (C=O) groups excluding carboxylic acids is 1. The number of ketones is 1. The fourth-order valence-electron chi connectivity index (χ4n) is 2.20. The normalized spacial score (nSPS) is 10.8. The van der Waals surface area contributed by atoms with Crippen LogP contribution in [0.15, 0.2) is 48.5 Å². The first kappa shape index (κ1) is 12.6. The van der Waals surface area contributed by atoms with Crippen molar-refractivity contribution >= 4 is 16.8 Å². The maximum atomic E-state index is 11.5. The number of aromatic amines is 1. The molecule has 1 aromatic heterocycles. The number of fused-ring (bicyclic) bond motifs is 1. The van der Waals surface area contributed by atoms with E-state index in [-0.39, 0.29) is 5.78 Å². The van der Waals surface area contributed by atoms with E-state index in [1.54, 1.807) is 18.2 Å². The fourth-order valence-corrected chi connectivity index (χ4v) is 2.20. The van der Waals surface area contributed by atoms with Crippen molar-refractivity contribution in [1.29, 1.82) is 0 Å². The SMILES string of the molecule is O=C(CO)c1ccc2nc(Cc3ccccc3)[nH]c2c1. The predicted octanol–water partition coefficient (Wildman–Crippen LogP) is 2.33. The highest BCUT2D eigenvalue weighted by Crippen LogP contribution is 2.16. The van der Waals surface area contributed by atoms with Crippen LogP contribution in [-0.2, 0) is 6.42 Å². The van der Waals surface area contributed by atoms with Crippen molar-refractivity contribution in [3.63, 3.8) is 0 Å². The molecule has 0 fully saturated rings. The average molecular weight is 266 g/mol. The molecule has 3 rings (SSSR count). The maximum Gasteiger partial charge on any atom is 0.188 e. The molecule has 0 aliphatic carbocycles. The Balaban J connectivity index is 1.92. The molecule has 0 saturated heterocycles. The lowest BCUT2D eigenvalue weighted by Gasteiger charge is -1.96. The standard InChI is InChI=1S/C16H14N2O2/c19-10-15(20)12-6-7-13-14(9-12)18-16(17-13)8-11-4-2-1-3-5-11/h1-7,9,19H,8,10H2,(H,17,18). The smallest absolute Gasteiger partial charge is 0.188 e. The highest BCUT2D eigenvalue weighted by Gasteiger charge is 2.08. The molecule has 0 saturated carbocycles. The average Bonchev–Trinajstić information content (AvgIpc) is 2.88. The highest BCUT2D eigenvalue weighted by molar-refractivity contribution is 5.99. The number of rotatable bonds is 4. The third-order valence-corrected chi connectivity index (χ3v) is 3.21. The Morgan fingerprint density at radius 1 is 1.15 bits per heavy atom. The Bertz CT molecular complexity index is 748. The van der Waals surface area contributed by atoms with Crippen LogP contribution in [0.4, 0.5) is 0 Å². The monoisotopic (exact) mass is 266 g/mol. The predicted molar refractivity (Wildman–Crippen MR) is 76.8 cm³/mol. The Morgan fingerprint density at radius 2 is 1.95 bits per heavy atom. The number of nitrogens with one attached hydrogen (secondary N) is 1. The van der Waals surface area contributed by atoms with E-state index in [9.17, 15) is 4.79 Å². The van der Waals surface area contributed by atoms with E-state index in [4.69, 9.17) is 5.11 Å². The van der Waals surface area contributed by atoms with Gasteiger partial charge in [0.2, 0.25) is 0 Å². The molecule has 3 aromatic rings. The van der Waals surface area contributed by atoms with Crippen molar-refractivity contribution in [2.24, 2.45) is 0 Å². The lowest BCUT2D eigenvalue weighted by molar-refractivity contribution is 0.0904. The Kier molecular flexibility index (Phi) is 3.31. The van der Waals surface area contributed by atoms with Crippen LogP contribution in [0, 0.1) is 0 Å². The van der Waals surface area contributed by atoms with Crippen molar-refractivity contribution in [3.8, 4) is 0 Å². The molecule has 2 N–H and O–H groups in total. The lowest BCUT2D eigenvalue weighted by Crippen LogP contribution is -2.03. The number of imidazole rings is 1. The molecule has 100 valence electrons. The third-order valence-electron chi connectivity index (χ3n) is 3.21. The summed E-state index contributed by atoms with van der Waals surface area (Å²) in [6.07, 6.45) is 0.721. The summed E-state index contributed by atoms with van der Waals surface area (Å²) in [6.45, 7) is -0.476. The van der Waals surface area contributed by atoms with E-state index in [2.05, 4.69) is 9.97 Å². The number of benzene rings is 2. The van der Waals surface area contributed by atoms with Crippen molar-refractivity contribution in [2.45, 2.75) is 6.42 Å². The summed E-state index contributed by atoms with van der Waals surface area (Å²) in [5.41, 5.74) is 3.31. The topological polar surface area (TPSA) is 66.0 Å². The molecule has 0 atom stereocenters. The van der Waals surface area contributed by atoms with Crippen molar-refractivity contribution in [2.75, 3.05) is 6.61 Å². The molecule has 4 nitrogen and oxygen atoms in total. The summed E-state index contributed by atoms with van der Waals surface area (Å²) in [6, 6.07) is 15.3. The molecule has 1 heterocycles. The van der Waals surface area contributed by atoms with Gasteiger partial charge in [0.25, 0.3) is 0 Å². The quantitative estimate of drug-likeness (QED) is 0.712. The molecular weight excluding hydrogens is 252 g/mol. The van der Waals surface area contributed by atoms with Crippen LogP contribution in [-0.4, -0.2) is 27.5 Å². The molecular formula is C16H14N2O2. The first-order chi connectivity index (χ1) is 9.76. The van der Waals surface area contributed by atoms with Crippen molar-refractivity contribution in [3.05, 3.63) is 65.5 Å². The van der Waals surface area contributed by atoms with E-state index in [1.165, 1.54) is 5.56 Å². The fraction of sp³-hybridized carbons (Fsp3) is 0.125. The summed E-state index contributed by atoms with van der Waals surface area (Å²) >= 11 is 0. The van der Waals surface area contributed by atoms with Gasteiger partial charge in [-0.3, -0.25) is 4.79 Å². The van der Waals surface area contributed by atoms with Gasteiger partial charge in [-0.15, -0.1) is 0 Å². The second-order valence-electron chi connectivity index (χ2n) is 4.66. The van der Waals surface area contributed by atoms with Gasteiger partial charge in [0.1, 0.15) is 12.4 Å². The van der Waals surface area contributed by atoms with E-state index in [0.717, 1.165) is 23.3 Å². The zero-order chi connectivity index (χ0) is 13.9. The van der Waals surface area contributed by atoms with Crippen LogP contribution < -0.4 is 0 Å². The van der Waals surface area contributed by atoms with E-state index < -0.39 is 6.61 Å². The first-order valence-electron chi connectivity index (χ1n) is 6.43. The Hall–Kier alpha value is -2.46. The van der Waals surface area contributed by atoms with Gasteiger partial charge in [-0.25, -0.2) is 4.98 Å². The van der Waals surface area contributed by atoms with E-state index in [1.807, 2.05) is 30.3 Å². The van der Waals surface area contributed by atoms with Crippen LogP contribution >= 0.6 is 0 Å². The lowest BCUT2D eigenvalue weighted by atomic mass is 10.1. The van der Waals surface area contributed by atoms with Gasteiger partial charge >= 0.3 is 0 Å². The molecule has 20 heavy (non-hydrogen) atoms. The molecule has 0 spiro atoms. The molecule has 0 aliphatic rings. The number of aromatic nitrogens is 2. The molecule has 4 heteroatoms. The zero-order valence-corrected chi connectivity index (χ0v) is 10.8. The van der Waals surface area contributed by atoms with E-state index in [0.29, 0.717) is 5.56 Å². The summed E-state index contributed by atoms with van der Waals surface area (Å²) in [4.78, 5) is 19.2. The zero-order valence-electron chi connectivity index (χ0n) is 10.8. The molecule has 0 unspecified atom stereocenters. The van der Waals surface area contributed by atoms with Crippen molar-refractivity contribution in [1.82, 2.24) is 9.97 Å². The third kappa shape index (κ3) is 2.46. The molecule has 0 radical (unpaired) electrons. The molecule has 2 aromatic carbocycles. The second-order valence-corrected chi connectivity index (χ2v) is 4.66. The number of carbonyl (C=O) groups is 1. The largest absolute Gasteiger partial charge is 0.388 e. The van der Waals surface area contributed by atoms with Crippen LogP contribution in [0.3, 0.4) is 0 Å². The second kappa shape index (κ2) is 5.27. The Labute approximate surface area is 116 Å². The number of aliphatic hydroxyl groups excluding tert-OH is 1. The van der Waals surface area contributed by atoms with Gasteiger partial charge in [-0.1, -0.05) is 30.3 Å². The van der Waals surface area contributed by atoms with Gasteiger partial charge < -0.3 is 10.1 Å². The number of nitrogens with zero attached hydrogens (tertiary/aromatic N) is 1. The van der Waals surface area contributed by atoms with Gasteiger partial charge in [-0.05, 0) is 23.8 Å². The first-order valence-corrected chi connectivity index (χ1v) is 6.43. The number of Topliss-reactive ketones (excluding diaryl/α,β-unsaturated/α-hetero) is 1. The van der Waals surface area contributed by atoms with Crippen LogP contribution in [0.25, 0.3) is 11.0 Å². The minimum absolute atomic E-state index is 0.286. The van der Waals surface area contributed by atoms with Gasteiger partial charge in [0.05, 0.1) is 11.0 Å². The summed E-state index contributed by atoms with van der Waals surface area (Å²) in [5.74, 6) is 0.575. The van der Waals surface area contributed by atoms with Crippen molar-refractivity contribution < 1.29 is 9.90 Å². The summed E-state index contributed by atoms with van der Waals surface area (Å²) < 4.78 is 0.